The van der Waals surface area contributed by atoms with Gasteiger partial charge in [0.15, 0.2) is 0 Å². The number of carbonyl (C=O) groups excluding carboxylic acids is 1. The minimum Gasteiger partial charge on any atom is -0.308 e. The van der Waals surface area contributed by atoms with Crippen molar-refractivity contribution in [3.05, 3.63) is 59.4 Å². The van der Waals surface area contributed by atoms with Crippen molar-refractivity contribution in [2.75, 3.05) is 24.5 Å². The minimum atomic E-state index is -3.50. The molecule has 7 heteroatoms. The number of rotatable bonds is 3. The van der Waals surface area contributed by atoms with Gasteiger partial charge in [0.05, 0.1) is 4.90 Å². The SMILES string of the molecule is O=C(c1cccc(F)c1)N1CCc2cc(S(=O)(=O)N3CCCCC3)ccc21. The van der Waals surface area contributed by atoms with Gasteiger partial charge in [0.2, 0.25) is 10.0 Å². The van der Waals surface area contributed by atoms with Crippen LogP contribution in [-0.4, -0.2) is 38.3 Å². The fourth-order valence-electron chi connectivity index (χ4n) is 3.78. The third-order valence-electron chi connectivity index (χ3n) is 5.22. The van der Waals surface area contributed by atoms with Gasteiger partial charge in [0.1, 0.15) is 5.82 Å². The number of anilines is 1. The molecule has 2 aliphatic rings. The van der Waals surface area contributed by atoms with E-state index >= 15 is 0 Å². The zero-order valence-corrected chi connectivity index (χ0v) is 15.7. The summed E-state index contributed by atoms with van der Waals surface area (Å²) in [5, 5.41) is 0. The van der Waals surface area contributed by atoms with Crippen molar-refractivity contribution >= 4 is 21.6 Å². The molecular weight excluding hydrogens is 367 g/mol. The second-order valence-electron chi connectivity index (χ2n) is 6.97. The molecule has 0 aromatic heterocycles. The lowest BCUT2D eigenvalue weighted by Crippen LogP contribution is -2.35. The molecule has 0 N–H and O–H groups in total. The largest absolute Gasteiger partial charge is 0.308 e. The third-order valence-corrected chi connectivity index (χ3v) is 7.11. The Balaban J connectivity index is 1.62. The molecule has 0 atom stereocenters. The normalized spacial score (nSPS) is 17.7. The molecular formula is C20H21FN2O3S. The number of benzene rings is 2. The van der Waals surface area contributed by atoms with Crippen molar-refractivity contribution in [3.63, 3.8) is 0 Å². The Morgan fingerprint density at radius 3 is 2.48 bits per heavy atom. The Hall–Kier alpha value is -2.25. The summed E-state index contributed by atoms with van der Waals surface area (Å²) in [6.07, 6.45) is 3.42. The van der Waals surface area contributed by atoms with E-state index < -0.39 is 15.8 Å². The fraction of sp³-hybridized carbons (Fsp3) is 0.350. The summed E-state index contributed by atoms with van der Waals surface area (Å²) in [7, 11) is -3.50. The highest BCUT2D eigenvalue weighted by molar-refractivity contribution is 7.89. The summed E-state index contributed by atoms with van der Waals surface area (Å²) in [5.41, 5.74) is 1.81. The molecule has 1 amide bonds. The first-order valence-corrected chi connectivity index (χ1v) is 10.6. The zero-order chi connectivity index (χ0) is 19.0. The van der Waals surface area contributed by atoms with E-state index in [0.717, 1.165) is 24.8 Å². The van der Waals surface area contributed by atoms with Crippen LogP contribution in [0.2, 0.25) is 0 Å². The molecule has 0 unspecified atom stereocenters. The highest BCUT2D eigenvalue weighted by atomic mass is 32.2. The molecule has 0 aliphatic carbocycles. The number of nitrogens with zero attached hydrogens (tertiary/aromatic N) is 2. The Morgan fingerprint density at radius 1 is 0.963 bits per heavy atom. The molecule has 5 nitrogen and oxygen atoms in total. The standard InChI is InChI=1S/C20H21FN2O3S/c21-17-6-4-5-16(13-17)20(24)23-12-9-15-14-18(7-8-19(15)23)27(25,26)22-10-2-1-3-11-22/h4-8,13-14H,1-3,9-12H2. The van der Waals surface area contributed by atoms with E-state index in [1.165, 1.54) is 18.2 Å². The van der Waals surface area contributed by atoms with Crippen molar-refractivity contribution in [1.82, 2.24) is 4.31 Å². The Labute approximate surface area is 158 Å². The van der Waals surface area contributed by atoms with Crippen molar-refractivity contribution in [2.24, 2.45) is 0 Å². The molecule has 0 bridgehead atoms. The van der Waals surface area contributed by atoms with E-state index in [1.54, 1.807) is 33.5 Å². The molecule has 0 saturated carbocycles. The van der Waals surface area contributed by atoms with Crippen LogP contribution in [0, 0.1) is 5.82 Å². The van der Waals surface area contributed by atoms with Crippen molar-refractivity contribution < 1.29 is 17.6 Å². The van der Waals surface area contributed by atoms with Crippen LogP contribution in [0.1, 0.15) is 35.2 Å². The number of fused-ring (bicyclic) bond motifs is 1. The summed E-state index contributed by atoms with van der Waals surface area (Å²) in [4.78, 5) is 14.6. The highest BCUT2D eigenvalue weighted by Gasteiger charge is 2.30. The van der Waals surface area contributed by atoms with Crippen molar-refractivity contribution in [3.8, 4) is 0 Å². The van der Waals surface area contributed by atoms with Crippen LogP contribution in [0.15, 0.2) is 47.4 Å². The van der Waals surface area contributed by atoms with Crippen LogP contribution >= 0.6 is 0 Å². The number of amides is 1. The zero-order valence-electron chi connectivity index (χ0n) is 14.9. The van der Waals surface area contributed by atoms with Gasteiger partial charge in [0, 0.05) is 30.9 Å². The summed E-state index contributed by atoms with van der Waals surface area (Å²) in [5.74, 6) is -0.733. The van der Waals surface area contributed by atoms with Crippen LogP contribution < -0.4 is 4.90 Å². The predicted molar refractivity (Wildman–Crippen MR) is 101 cm³/mol. The number of sulfonamides is 1. The quantitative estimate of drug-likeness (QED) is 0.811. The summed E-state index contributed by atoms with van der Waals surface area (Å²) >= 11 is 0. The second kappa shape index (κ2) is 7.05. The second-order valence-corrected chi connectivity index (χ2v) is 8.91. The number of hydrogen-bond donors (Lipinski definition) is 0. The average molecular weight is 388 g/mol. The number of hydrogen-bond acceptors (Lipinski definition) is 3. The van der Waals surface area contributed by atoms with E-state index in [0.29, 0.717) is 31.7 Å². The first kappa shape index (κ1) is 18.1. The average Bonchev–Trinajstić information content (AvgIpc) is 3.11. The van der Waals surface area contributed by atoms with Crippen molar-refractivity contribution in [2.45, 2.75) is 30.6 Å². The van der Waals surface area contributed by atoms with E-state index in [1.807, 2.05) is 0 Å². The maximum atomic E-state index is 13.4. The van der Waals surface area contributed by atoms with E-state index in [-0.39, 0.29) is 16.4 Å². The lowest BCUT2D eigenvalue weighted by atomic mass is 10.1. The topological polar surface area (TPSA) is 57.7 Å². The van der Waals surface area contributed by atoms with Crippen molar-refractivity contribution in [1.29, 1.82) is 0 Å². The van der Waals surface area contributed by atoms with Crippen LogP contribution in [0.4, 0.5) is 10.1 Å². The molecule has 1 fully saturated rings. The lowest BCUT2D eigenvalue weighted by Gasteiger charge is -2.26. The van der Waals surface area contributed by atoms with Gasteiger partial charge in [-0.05, 0) is 61.2 Å². The molecule has 2 aromatic carbocycles. The van der Waals surface area contributed by atoms with Gasteiger partial charge in [-0.1, -0.05) is 12.5 Å². The summed E-state index contributed by atoms with van der Waals surface area (Å²) in [6, 6.07) is 10.5. The Kier molecular flexibility index (Phi) is 4.74. The smallest absolute Gasteiger partial charge is 0.258 e. The molecule has 2 aromatic rings. The molecule has 142 valence electrons. The van der Waals surface area contributed by atoms with Crippen LogP contribution in [0.5, 0.6) is 0 Å². The molecule has 4 rings (SSSR count). The lowest BCUT2D eigenvalue weighted by molar-refractivity contribution is 0.0989. The first-order chi connectivity index (χ1) is 13.0. The van der Waals surface area contributed by atoms with Gasteiger partial charge >= 0.3 is 0 Å². The maximum Gasteiger partial charge on any atom is 0.258 e. The third kappa shape index (κ3) is 3.37. The van der Waals surface area contributed by atoms with E-state index in [2.05, 4.69) is 0 Å². The monoisotopic (exact) mass is 388 g/mol. The summed E-state index contributed by atoms with van der Waals surface area (Å²) in [6.45, 7) is 1.57. The highest BCUT2D eigenvalue weighted by Crippen LogP contribution is 2.32. The molecule has 27 heavy (non-hydrogen) atoms. The van der Waals surface area contributed by atoms with E-state index in [4.69, 9.17) is 0 Å². The van der Waals surface area contributed by atoms with Gasteiger partial charge in [-0.15, -0.1) is 0 Å². The number of halogens is 1. The fourth-order valence-corrected chi connectivity index (χ4v) is 5.35. The molecule has 2 heterocycles. The van der Waals surface area contributed by atoms with Gasteiger partial charge in [-0.25, -0.2) is 12.8 Å². The minimum absolute atomic E-state index is 0.278. The number of carbonyl (C=O) groups is 1. The van der Waals surface area contributed by atoms with Crippen LogP contribution in [-0.2, 0) is 16.4 Å². The molecule has 1 saturated heterocycles. The summed E-state index contributed by atoms with van der Waals surface area (Å²) < 4.78 is 40.7. The van der Waals surface area contributed by atoms with Gasteiger partial charge in [-0.2, -0.15) is 4.31 Å². The Bertz CT molecular complexity index is 984. The molecule has 0 spiro atoms. The number of piperidine rings is 1. The first-order valence-electron chi connectivity index (χ1n) is 9.17. The molecule has 2 aliphatic heterocycles. The molecule has 0 radical (unpaired) electrons. The van der Waals surface area contributed by atoms with Gasteiger partial charge in [0.25, 0.3) is 5.91 Å². The van der Waals surface area contributed by atoms with Gasteiger partial charge < -0.3 is 4.90 Å². The predicted octanol–water partition coefficient (Wildman–Crippen LogP) is 3.20. The maximum absolute atomic E-state index is 13.4. The Morgan fingerprint density at radius 2 is 1.74 bits per heavy atom. The van der Waals surface area contributed by atoms with Crippen LogP contribution in [0.3, 0.4) is 0 Å². The van der Waals surface area contributed by atoms with Gasteiger partial charge in [-0.3, -0.25) is 4.79 Å². The van der Waals surface area contributed by atoms with Crippen LogP contribution in [0.25, 0.3) is 0 Å². The van der Waals surface area contributed by atoms with E-state index in [9.17, 15) is 17.6 Å².